The van der Waals surface area contributed by atoms with Crippen LogP contribution in [0.15, 0.2) is 36.4 Å². The van der Waals surface area contributed by atoms with Gasteiger partial charge in [0.1, 0.15) is 11.5 Å². The molecule has 0 aliphatic rings. The molecule has 4 nitrogen and oxygen atoms in total. The number of carbonyl (C=O) groups excluding carboxylic acids is 2. The highest BCUT2D eigenvalue weighted by atomic mass is 19.4. The van der Waals surface area contributed by atoms with E-state index in [0.29, 0.717) is 0 Å². The van der Waals surface area contributed by atoms with E-state index < -0.39 is 18.1 Å². The average molecular weight is 274 g/mol. The van der Waals surface area contributed by atoms with Gasteiger partial charge in [0, 0.05) is 5.57 Å². The average Bonchev–Trinajstić information content (AvgIpc) is 2.30. The summed E-state index contributed by atoms with van der Waals surface area (Å²) < 4.78 is 44.6. The number of halogens is 3. The summed E-state index contributed by atoms with van der Waals surface area (Å²) >= 11 is 0. The van der Waals surface area contributed by atoms with E-state index in [1.807, 2.05) is 0 Å². The van der Waals surface area contributed by atoms with E-state index in [-0.39, 0.29) is 17.1 Å². The van der Waals surface area contributed by atoms with Crippen LogP contribution in [0.4, 0.5) is 13.2 Å². The van der Waals surface area contributed by atoms with E-state index in [2.05, 4.69) is 11.3 Å². The van der Waals surface area contributed by atoms with Gasteiger partial charge in [0.15, 0.2) is 0 Å². The molecule has 0 fully saturated rings. The first-order valence-electron chi connectivity index (χ1n) is 4.97. The molecule has 0 saturated heterocycles. The van der Waals surface area contributed by atoms with Crippen LogP contribution >= 0.6 is 0 Å². The number of ether oxygens (including phenoxy) is 2. The van der Waals surface area contributed by atoms with Gasteiger partial charge >= 0.3 is 18.1 Å². The Labute approximate surface area is 106 Å². The predicted octanol–water partition coefficient (Wildman–Crippen LogP) is 2.64. The monoisotopic (exact) mass is 274 g/mol. The van der Waals surface area contributed by atoms with E-state index in [4.69, 9.17) is 4.74 Å². The third-order valence-electron chi connectivity index (χ3n) is 1.82. The highest BCUT2D eigenvalue weighted by Crippen LogP contribution is 2.22. The molecule has 1 aromatic carbocycles. The van der Waals surface area contributed by atoms with E-state index >= 15 is 0 Å². The topological polar surface area (TPSA) is 52.6 Å². The zero-order valence-corrected chi connectivity index (χ0v) is 9.78. The first-order chi connectivity index (χ1) is 8.70. The number of carbonyl (C=O) groups is 2. The molecule has 0 aromatic heterocycles. The van der Waals surface area contributed by atoms with Crippen molar-refractivity contribution in [2.45, 2.75) is 13.1 Å². The lowest BCUT2D eigenvalue weighted by Gasteiger charge is -2.07. The molecule has 0 aliphatic carbocycles. The van der Waals surface area contributed by atoms with Crippen molar-refractivity contribution in [2.75, 3.05) is 0 Å². The Bertz CT molecular complexity index is 503. The Balaban J connectivity index is 2.70. The molecule has 7 heteroatoms. The molecule has 0 bridgehead atoms. The summed E-state index contributed by atoms with van der Waals surface area (Å²) in [5.74, 6) is -3.20. The van der Waals surface area contributed by atoms with Crippen molar-refractivity contribution >= 4 is 11.9 Å². The third-order valence-corrected chi connectivity index (χ3v) is 1.82. The second-order valence-electron chi connectivity index (χ2n) is 3.53. The van der Waals surface area contributed by atoms with Gasteiger partial charge in [-0.25, -0.2) is 9.59 Å². The molecule has 0 N–H and O–H groups in total. The number of alkyl halides is 3. The lowest BCUT2D eigenvalue weighted by molar-refractivity contribution is -0.189. The number of benzene rings is 1. The second-order valence-corrected chi connectivity index (χ2v) is 3.53. The number of hydrogen-bond donors (Lipinski definition) is 0. The zero-order chi connectivity index (χ0) is 14.6. The minimum atomic E-state index is -5.06. The van der Waals surface area contributed by atoms with Gasteiger partial charge in [-0.05, 0) is 31.2 Å². The highest BCUT2D eigenvalue weighted by Gasteiger charge is 2.41. The first-order valence-corrected chi connectivity index (χ1v) is 4.97. The Morgan fingerprint density at radius 2 is 1.47 bits per heavy atom. The molecule has 1 aromatic rings. The van der Waals surface area contributed by atoms with Gasteiger partial charge in [-0.2, -0.15) is 13.2 Å². The molecule has 0 saturated carbocycles. The van der Waals surface area contributed by atoms with Crippen LogP contribution in [-0.4, -0.2) is 18.1 Å². The molecule has 19 heavy (non-hydrogen) atoms. The largest absolute Gasteiger partial charge is 0.491 e. The first kappa shape index (κ1) is 14.7. The van der Waals surface area contributed by atoms with Gasteiger partial charge in [-0.3, -0.25) is 0 Å². The summed E-state index contributed by atoms with van der Waals surface area (Å²) in [6, 6.07) is 4.54. The van der Waals surface area contributed by atoms with Crippen molar-refractivity contribution in [2.24, 2.45) is 0 Å². The minimum absolute atomic E-state index is 0.0970. The van der Waals surface area contributed by atoms with Gasteiger partial charge in [-0.1, -0.05) is 6.58 Å². The standard InChI is InChI=1S/C12H9F3O4/c1-7(2)10(16)18-8-3-5-9(6-4-8)19-11(17)12(13,14)15/h3-6H,1H2,2H3. The van der Waals surface area contributed by atoms with Crippen LogP contribution in [0, 0.1) is 0 Å². The molecule has 0 unspecified atom stereocenters. The Morgan fingerprint density at radius 1 is 1.05 bits per heavy atom. The molecule has 0 atom stereocenters. The zero-order valence-electron chi connectivity index (χ0n) is 9.78. The molecule has 0 amide bonds. The molecule has 0 spiro atoms. The fourth-order valence-electron chi connectivity index (χ4n) is 0.935. The lowest BCUT2D eigenvalue weighted by atomic mass is 10.3. The van der Waals surface area contributed by atoms with Gasteiger partial charge < -0.3 is 9.47 Å². The summed E-state index contributed by atoms with van der Waals surface area (Å²) in [4.78, 5) is 21.7. The predicted molar refractivity (Wildman–Crippen MR) is 58.6 cm³/mol. The summed E-state index contributed by atoms with van der Waals surface area (Å²) in [6.07, 6.45) is -5.06. The van der Waals surface area contributed by atoms with Crippen LogP contribution < -0.4 is 9.47 Å². The molecule has 0 radical (unpaired) electrons. The highest BCUT2D eigenvalue weighted by molar-refractivity contribution is 5.88. The maximum absolute atomic E-state index is 11.9. The molecule has 0 aliphatic heterocycles. The quantitative estimate of drug-likeness (QED) is 0.483. The van der Waals surface area contributed by atoms with Crippen LogP contribution in [0.2, 0.25) is 0 Å². The van der Waals surface area contributed by atoms with Crippen molar-refractivity contribution < 1.29 is 32.2 Å². The number of rotatable bonds is 3. The van der Waals surface area contributed by atoms with Crippen molar-refractivity contribution in [1.29, 1.82) is 0 Å². The summed E-state index contributed by atoms with van der Waals surface area (Å²) in [5, 5.41) is 0. The van der Waals surface area contributed by atoms with Gasteiger partial charge in [0.2, 0.25) is 0 Å². The SMILES string of the molecule is C=C(C)C(=O)Oc1ccc(OC(=O)C(F)(F)F)cc1. The smallest absolute Gasteiger partial charge is 0.423 e. The van der Waals surface area contributed by atoms with Crippen LogP contribution in [0.5, 0.6) is 11.5 Å². The Morgan fingerprint density at radius 3 is 1.84 bits per heavy atom. The van der Waals surface area contributed by atoms with Gasteiger partial charge in [0.05, 0.1) is 0 Å². The van der Waals surface area contributed by atoms with E-state index in [9.17, 15) is 22.8 Å². The van der Waals surface area contributed by atoms with E-state index in [1.54, 1.807) is 0 Å². The van der Waals surface area contributed by atoms with Crippen LogP contribution in [0.1, 0.15) is 6.92 Å². The molecule has 1 rings (SSSR count). The van der Waals surface area contributed by atoms with Crippen LogP contribution in [0.3, 0.4) is 0 Å². The lowest BCUT2D eigenvalue weighted by Crippen LogP contribution is -2.27. The molecule has 102 valence electrons. The summed E-state index contributed by atoms with van der Waals surface area (Å²) in [5.41, 5.74) is 0.174. The van der Waals surface area contributed by atoms with Crippen LogP contribution in [-0.2, 0) is 9.59 Å². The normalized spacial score (nSPS) is 10.7. The van der Waals surface area contributed by atoms with Crippen LogP contribution in [0.25, 0.3) is 0 Å². The molecular formula is C12H9F3O4. The molecular weight excluding hydrogens is 265 g/mol. The number of hydrogen-bond acceptors (Lipinski definition) is 4. The fraction of sp³-hybridized carbons (Fsp3) is 0.167. The maximum atomic E-state index is 11.9. The van der Waals surface area contributed by atoms with E-state index in [0.717, 1.165) is 12.1 Å². The molecule has 0 heterocycles. The summed E-state index contributed by atoms with van der Waals surface area (Å²) in [6.45, 7) is 4.81. The third kappa shape index (κ3) is 4.46. The van der Waals surface area contributed by atoms with Crippen molar-refractivity contribution in [3.05, 3.63) is 36.4 Å². The van der Waals surface area contributed by atoms with Crippen molar-refractivity contribution in [3.8, 4) is 11.5 Å². The fourth-order valence-corrected chi connectivity index (χ4v) is 0.935. The van der Waals surface area contributed by atoms with Crippen molar-refractivity contribution in [1.82, 2.24) is 0 Å². The van der Waals surface area contributed by atoms with Gasteiger partial charge in [-0.15, -0.1) is 0 Å². The maximum Gasteiger partial charge on any atom is 0.491 e. The second kappa shape index (κ2) is 5.55. The van der Waals surface area contributed by atoms with E-state index in [1.165, 1.54) is 19.1 Å². The minimum Gasteiger partial charge on any atom is -0.423 e. The Hall–Kier alpha value is -2.31. The summed E-state index contributed by atoms with van der Waals surface area (Å²) in [7, 11) is 0. The Kier molecular flexibility index (Phi) is 4.31. The number of esters is 2. The van der Waals surface area contributed by atoms with Crippen molar-refractivity contribution in [3.63, 3.8) is 0 Å². The van der Waals surface area contributed by atoms with Gasteiger partial charge in [0.25, 0.3) is 0 Å².